The van der Waals surface area contributed by atoms with Crippen molar-refractivity contribution in [2.75, 3.05) is 14.2 Å². The van der Waals surface area contributed by atoms with Gasteiger partial charge < -0.3 is 19.1 Å². The summed E-state index contributed by atoms with van der Waals surface area (Å²) in [4.78, 5) is 27.7. The van der Waals surface area contributed by atoms with E-state index in [2.05, 4.69) is 0 Å². The van der Waals surface area contributed by atoms with Crippen LogP contribution < -0.4 is 9.47 Å². The average molecular weight is 409 g/mol. The van der Waals surface area contributed by atoms with Gasteiger partial charge in [-0.15, -0.1) is 0 Å². The lowest BCUT2D eigenvalue weighted by Gasteiger charge is -2.37. The minimum Gasteiger partial charge on any atom is -0.493 e. The summed E-state index contributed by atoms with van der Waals surface area (Å²) >= 11 is 0. The maximum Gasteiger partial charge on any atom is 0.410 e. The maximum atomic E-state index is 13.1. The van der Waals surface area contributed by atoms with Crippen molar-refractivity contribution in [2.24, 2.45) is 5.92 Å². The van der Waals surface area contributed by atoms with Gasteiger partial charge >= 0.3 is 6.09 Å². The predicted octanol–water partition coefficient (Wildman–Crippen LogP) is 4.47. The lowest BCUT2D eigenvalue weighted by molar-refractivity contribution is 0.0485. The van der Waals surface area contributed by atoms with E-state index < -0.39 is 0 Å². The number of nitrogens with zero attached hydrogens (tertiary/aromatic N) is 1. The zero-order chi connectivity index (χ0) is 21.1. The van der Waals surface area contributed by atoms with Gasteiger partial charge in [0.25, 0.3) is 0 Å². The molecule has 30 heavy (non-hydrogen) atoms. The van der Waals surface area contributed by atoms with E-state index in [-0.39, 0.29) is 36.5 Å². The average Bonchev–Trinajstić information content (AvgIpc) is 3.06. The van der Waals surface area contributed by atoms with Crippen molar-refractivity contribution in [3.8, 4) is 11.5 Å². The van der Waals surface area contributed by atoms with Gasteiger partial charge in [-0.1, -0.05) is 30.3 Å². The van der Waals surface area contributed by atoms with Crippen molar-refractivity contribution >= 4 is 11.9 Å². The fraction of sp³-hybridized carbons (Fsp3) is 0.417. The highest BCUT2D eigenvalue weighted by Crippen LogP contribution is 2.41. The van der Waals surface area contributed by atoms with Crippen LogP contribution in [0.3, 0.4) is 0 Å². The van der Waals surface area contributed by atoms with Crippen LogP contribution in [0.2, 0.25) is 0 Å². The van der Waals surface area contributed by atoms with Crippen LogP contribution in [0, 0.1) is 5.92 Å². The van der Waals surface area contributed by atoms with Gasteiger partial charge in [-0.3, -0.25) is 4.79 Å². The number of benzene rings is 2. The number of fused-ring (bicyclic) bond motifs is 2. The van der Waals surface area contributed by atoms with Crippen LogP contribution in [0.1, 0.15) is 41.6 Å². The number of carbonyl (C=O) groups is 2. The standard InChI is InChI=1S/C24H27NO5/c1-28-21-11-8-17(14-22(21)29-2)23(26)18-12-19-9-10-20(13-18)25(19)24(27)30-15-16-6-4-3-5-7-16/h3-8,11,14,18-20H,9-10,12-13,15H2,1-2H3. The minimum atomic E-state index is -0.275. The number of amides is 1. The Bertz CT molecular complexity index is 899. The molecule has 0 aromatic heterocycles. The van der Waals surface area contributed by atoms with Gasteiger partial charge in [-0.2, -0.15) is 0 Å². The minimum absolute atomic E-state index is 0.0566. The number of piperidine rings is 1. The molecule has 1 amide bonds. The maximum absolute atomic E-state index is 13.1. The zero-order valence-corrected chi connectivity index (χ0v) is 17.4. The zero-order valence-electron chi connectivity index (χ0n) is 17.4. The molecule has 2 bridgehead atoms. The molecular formula is C24H27NO5. The second-order valence-corrected chi connectivity index (χ2v) is 7.93. The van der Waals surface area contributed by atoms with Crippen LogP contribution in [0.5, 0.6) is 11.5 Å². The van der Waals surface area contributed by atoms with Crippen LogP contribution >= 0.6 is 0 Å². The molecule has 0 aliphatic carbocycles. The largest absolute Gasteiger partial charge is 0.493 e. The number of methoxy groups -OCH3 is 2. The Morgan fingerprint density at radius 3 is 2.23 bits per heavy atom. The van der Waals surface area contributed by atoms with Crippen molar-refractivity contribution in [3.05, 3.63) is 59.7 Å². The summed E-state index contributed by atoms with van der Waals surface area (Å²) in [6, 6.07) is 15.1. The van der Waals surface area contributed by atoms with Crippen molar-refractivity contribution in [3.63, 3.8) is 0 Å². The molecule has 0 radical (unpaired) electrons. The van der Waals surface area contributed by atoms with Gasteiger partial charge in [0.05, 0.1) is 14.2 Å². The smallest absolute Gasteiger partial charge is 0.410 e. The monoisotopic (exact) mass is 409 g/mol. The predicted molar refractivity (Wildman–Crippen MR) is 112 cm³/mol. The first-order valence-corrected chi connectivity index (χ1v) is 10.4. The quantitative estimate of drug-likeness (QED) is 0.659. The van der Waals surface area contributed by atoms with Crippen LogP contribution in [0.4, 0.5) is 4.79 Å². The van der Waals surface area contributed by atoms with Gasteiger partial charge in [0, 0.05) is 23.6 Å². The fourth-order valence-electron chi connectivity index (χ4n) is 4.71. The molecule has 4 rings (SSSR count). The Hall–Kier alpha value is -3.02. The second kappa shape index (κ2) is 8.78. The van der Waals surface area contributed by atoms with Gasteiger partial charge in [0.2, 0.25) is 0 Å². The molecule has 0 N–H and O–H groups in total. The number of rotatable bonds is 6. The van der Waals surface area contributed by atoms with Crippen molar-refractivity contribution in [1.29, 1.82) is 0 Å². The van der Waals surface area contributed by atoms with Gasteiger partial charge in [0.15, 0.2) is 17.3 Å². The number of hydrogen-bond donors (Lipinski definition) is 0. The Morgan fingerprint density at radius 2 is 1.60 bits per heavy atom. The van der Waals surface area contributed by atoms with Gasteiger partial charge in [-0.25, -0.2) is 4.79 Å². The fourth-order valence-corrected chi connectivity index (χ4v) is 4.71. The van der Waals surface area contributed by atoms with E-state index >= 15 is 0 Å². The number of carbonyl (C=O) groups excluding carboxylic acids is 2. The summed E-state index contributed by atoms with van der Waals surface area (Å²) in [5.41, 5.74) is 1.59. The molecule has 2 aromatic carbocycles. The van der Waals surface area contributed by atoms with Crippen LogP contribution in [0.15, 0.2) is 48.5 Å². The highest BCUT2D eigenvalue weighted by molar-refractivity contribution is 5.98. The molecule has 158 valence electrons. The molecule has 2 atom stereocenters. The highest BCUT2D eigenvalue weighted by atomic mass is 16.6. The van der Waals surface area contributed by atoms with Gasteiger partial charge in [0.1, 0.15) is 6.61 Å². The molecule has 2 aliphatic rings. The van der Waals surface area contributed by atoms with Gasteiger partial charge in [-0.05, 0) is 49.4 Å². The number of hydrogen-bond acceptors (Lipinski definition) is 5. The van der Waals surface area contributed by atoms with Crippen molar-refractivity contribution < 1.29 is 23.8 Å². The van der Waals surface area contributed by atoms with E-state index in [1.165, 1.54) is 0 Å². The third-order valence-corrected chi connectivity index (χ3v) is 6.19. The summed E-state index contributed by atoms with van der Waals surface area (Å²) < 4.78 is 16.2. The normalized spacial score (nSPS) is 22.5. The van der Waals surface area contributed by atoms with E-state index in [4.69, 9.17) is 14.2 Å². The van der Waals surface area contributed by atoms with Crippen LogP contribution in [0.25, 0.3) is 0 Å². The third kappa shape index (κ3) is 3.99. The molecule has 2 unspecified atom stereocenters. The summed E-state index contributed by atoms with van der Waals surface area (Å²) in [6.07, 6.45) is 2.90. The molecule has 2 aromatic rings. The first kappa shape index (κ1) is 20.3. The lowest BCUT2D eigenvalue weighted by Crippen LogP contribution is -2.48. The Morgan fingerprint density at radius 1 is 0.933 bits per heavy atom. The molecular weight excluding hydrogens is 382 g/mol. The summed E-state index contributed by atoms with van der Waals surface area (Å²) in [6.45, 7) is 0.267. The topological polar surface area (TPSA) is 65.1 Å². The van der Waals surface area contributed by atoms with Crippen molar-refractivity contribution in [2.45, 2.75) is 44.4 Å². The first-order chi connectivity index (χ1) is 14.6. The summed E-state index contributed by atoms with van der Waals surface area (Å²) in [5.74, 6) is 1.15. The molecule has 0 spiro atoms. The Labute approximate surface area is 176 Å². The van der Waals surface area contributed by atoms with E-state index in [0.29, 0.717) is 29.9 Å². The van der Waals surface area contributed by atoms with E-state index in [1.807, 2.05) is 35.2 Å². The third-order valence-electron chi connectivity index (χ3n) is 6.19. The lowest BCUT2D eigenvalue weighted by atomic mass is 9.85. The van der Waals surface area contributed by atoms with E-state index in [9.17, 15) is 9.59 Å². The van der Waals surface area contributed by atoms with Crippen molar-refractivity contribution in [1.82, 2.24) is 4.90 Å². The number of ketones is 1. The van der Waals surface area contributed by atoms with E-state index in [1.54, 1.807) is 32.4 Å². The first-order valence-electron chi connectivity index (χ1n) is 10.4. The molecule has 2 saturated heterocycles. The summed E-state index contributed by atoms with van der Waals surface area (Å²) in [5, 5.41) is 0. The second-order valence-electron chi connectivity index (χ2n) is 7.93. The van der Waals surface area contributed by atoms with Crippen LogP contribution in [-0.2, 0) is 11.3 Å². The van der Waals surface area contributed by atoms with Crippen LogP contribution in [-0.4, -0.2) is 43.1 Å². The molecule has 6 heteroatoms. The molecule has 0 saturated carbocycles. The Kier molecular flexibility index (Phi) is 5.93. The molecule has 2 heterocycles. The number of ether oxygens (including phenoxy) is 3. The molecule has 6 nitrogen and oxygen atoms in total. The number of Topliss-reactive ketones (excluding diaryl/α,β-unsaturated/α-hetero) is 1. The molecule has 2 fully saturated rings. The Balaban J connectivity index is 1.41. The van der Waals surface area contributed by atoms with E-state index in [0.717, 1.165) is 18.4 Å². The highest BCUT2D eigenvalue weighted by Gasteiger charge is 2.46. The SMILES string of the molecule is COc1ccc(C(=O)C2CC3CCC(C2)N3C(=O)OCc2ccccc2)cc1OC. The molecule has 2 aliphatic heterocycles. The summed E-state index contributed by atoms with van der Waals surface area (Å²) in [7, 11) is 3.13.